The van der Waals surface area contributed by atoms with Gasteiger partial charge in [-0.3, -0.25) is 9.59 Å². The van der Waals surface area contributed by atoms with E-state index in [1.54, 1.807) is 61.7 Å². The fourth-order valence-corrected chi connectivity index (χ4v) is 3.40. The summed E-state index contributed by atoms with van der Waals surface area (Å²) in [5, 5.41) is 12.9. The van der Waals surface area contributed by atoms with E-state index >= 15 is 0 Å². The van der Waals surface area contributed by atoms with Crippen molar-refractivity contribution in [3.63, 3.8) is 0 Å². The molecule has 0 radical (unpaired) electrons. The van der Waals surface area contributed by atoms with Crippen molar-refractivity contribution in [1.29, 1.82) is 0 Å². The maximum absolute atomic E-state index is 12.3. The van der Waals surface area contributed by atoms with Crippen LogP contribution in [0.3, 0.4) is 0 Å². The highest BCUT2D eigenvalue weighted by Gasteiger charge is 2.24. The molecule has 0 spiro atoms. The third-order valence-corrected chi connectivity index (χ3v) is 5.53. The van der Waals surface area contributed by atoms with Crippen LogP contribution >= 0.6 is 0 Å². The number of amides is 2. The van der Waals surface area contributed by atoms with E-state index in [1.165, 1.54) is 5.56 Å². The summed E-state index contributed by atoms with van der Waals surface area (Å²) in [6.45, 7) is 2.07. The van der Waals surface area contributed by atoms with Gasteiger partial charge >= 0.3 is 0 Å². The van der Waals surface area contributed by atoms with Gasteiger partial charge in [-0.25, -0.2) is 4.98 Å². The number of ether oxygens (including phenoxy) is 1. The van der Waals surface area contributed by atoms with E-state index in [9.17, 15) is 14.7 Å². The number of anilines is 2. The Morgan fingerprint density at radius 3 is 2.33 bits per heavy atom. The van der Waals surface area contributed by atoms with Crippen molar-refractivity contribution in [3.05, 3.63) is 83.4 Å². The maximum atomic E-state index is 12.3. The van der Waals surface area contributed by atoms with Gasteiger partial charge in [0.15, 0.2) is 12.1 Å². The number of methoxy groups -OCH3 is 1. The Morgan fingerprint density at radius 2 is 1.75 bits per heavy atom. The number of primary amides is 1. The van der Waals surface area contributed by atoms with Crippen LogP contribution in [-0.4, -0.2) is 40.1 Å². The van der Waals surface area contributed by atoms with Gasteiger partial charge in [-0.1, -0.05) is 31.2 Å². The van der Waals surface area contributed by atoms with E-state index in [2.05, 4.69) is 22.2 Å². The van der Waals surface area contributed by atoms with Gasteiger partial charge in [0.25, 0.3) is 5.91 Å². The normalized spacial score (nSPS) is 12.2. The number of hydrogen-bond donors (Lipinski definition) is 6. The molecular weight excluding hydrogens is 460 g/mol. The second-order valence-corrected chi connectivity index (χ2v) is 8.00. The van der Waals surface area contributed by atoms with Gasteiger partial charge in [-0.05, 0) is 60.0 Å². The molecule has 3 aromatic carbocycles. The predicted molar refractivity (Wildman–Crippen MR) is 139 cm³/mol. The molecular formula is C26H30N6O4. The Balaban J connectivity index is 0.000000275. The van der Waals surface area contributed by atoms with Gasteiger partial charge < -0.3 is 37.3 Å². The molecule has 4 rings (SSSR count). The molecule has 9 N–H and O–H groups in total. The van der Waals surface area contributed by atoms with E-state index in [-0.39, 0.29) is 5.91 Å². The number of aliphatic hydroxyl groups excluding tert-OH is 1. The highest BCUT2D eigenvalue weighted by molar-refractivity contribution is 5.96. The number of fused-ring (bicyclic) bond motifs is 1. The van der Waals surface area contributed by atoms with Crippen molar-refractivity contribution < 1.29 is 19.4 Å². The first-order valence-electron chi connectivity index (χ1n) is 11.2. The minimum atomic E-state index is -1.41. The number of nitrogens with one attached hydrogen (secondary N) is 2. The fourth-order valence-electron chi connectivity index (χ4n) is 3.40. The van der Waals surface area contributed by atoms with Crippen LogP contribution in [0.15, 0.2) is 66.7 Å². The summed E-state index contributed by atoms with van der Waals surface area (Å²) in [6.07, 6.45) is -0.424. The molecule has 36 heavy (non-hydrogen) atoms. The second kappa shape index (κ2) is 11.8. The number of rotatable bonds is 7. The van der Waals surface area contributed by atoms with E-state index < -0.39 is 18.1 Å². The van der Waals surface area contributed by atoms with E-state index in [1.807, 2.05) is 12.1 Å². The first kappa shape index (κ1) is 26.2. The smallest absolute Gasteiger partial charge is 0.255 e. The zero-order valence-electron chi connectivity index (χ0n) is 20.1. The summed E-state index contributed by atoms with van der Waals surface area (Å²) < 4.78 is 5.07. The molecule has 0 aliphatic carbocycles. The highest BCUT2D eigenvalue weighted by atomic mass is 16.5. The molecule has 2 amide bonds. The minimum Gasteiger partial charge on any atom is -0.497 e. The minimum absolute atomic E-state index is 0.292. The number of nitrogens with zero attached hydrogens (tertiary/aromatic N) is 1. The van der Waals surface area contributed by atoms with Crippen molar-refractivity contribution in [3.8, 4) is 5.75 Å². The molecule has 188 valence electrons. The highest BCUT2D eigenvalue weighted by Crippen LogP contribution is 2.21. The summed E-state index contributed by atoms with van der Waals surface area (Å²) in [4.78, 5) is 29.9. The van der Waals surface area contributed by atoms with Crippen molar-refractivity contribution in [2.45, 2.75) is 25.5 Å². The van der Waals surface area contributed by atoms with Gasteiger partial charge in [0, 0.05) is 11.3 Å². The summed E-state index contributed by atoms with van der Waals surface area (Å²) >= 11 is 0. The molecule has 0 bridgehead atoms. The summed E-state index contributed by atoms with van der Waals surface area (Å²) in [5.41, 5.74) is 20.9. The molecule has 0 saturated heterocycles. The van der Waals surface area contributed by atoms with E-state index in [0.29, 0.717) is 34.0 Å². The van der Waals surface area contributed by atoms with Crippen LogP contribution in [0.5, 0.6) is 5.75 Å². The first-order chi connectivity index (χ1) is 17.2. The first-order valence-corrected chi connectivity index (χ1v) is 11.2. The Bertz CT molecular complexity index is 1320. The Kier molecular flexibility index (Phi) is 8.61. The number of aromatic nitrogens is 2. The maximum Gasteiger partial charge on any atom is 0.255 e. The standard InChI is InChI=1S/C17H19N5O3.C9H11NO/c1-25-11-5-2-9(3-6-11)14(18)15(23)16(24)20-10-4-7-12-13(8-10)22-17(19)21-12;1-2-7-3-5-8(6-4-7)9(10)11/h2-8,14-15,23H,18H2,1H3,(H,20,24)(H3,19,21,22);3-6H,2H2,1H3,(H2,10,11). The van der Waals surface area contributed by atoms with Gasteiger partial charge in [0.05, 0.1) is 24.2 Å². The number of aryl methyl sites for hydroxylation is 1. The van der Waals surface area contributed by atoms with Crippen molar-refractivity contribution in [2.24, 2.45) is 11.5 Å². The third-order valence-electron chi connectivity index (χ3n) is 5.53. The van der Waals surface area contributed by atoms with Crippen LogP contribution < -0.4 is 27.3 Å². The van der Waals surface area contributed by atoms with E-state index in [4.69, 9.17) is 21.9 Å². The number of H-pyrrole nitrogens is 1. The lowest BCUT2D eigenvalue weighted by Crippen LogP contribution is -2.37. The largest absolute Gasteiger partial charge is 0.497 e. The average molecular weight is 491 g/mol. The van der Waals surface area contributed by atoms with E-state index in [0.717, 1.165) is 11.9 Å². The van der Waals surface area contributed by atoms with Crippen LogP contribution in [0.4, 0.5) is 11.6 Å². The summed E-state index contributed by atoms with van der Waals surface area (Å²) in [6, 6.07) is 18.4. The summed E-state index contributed by atoms with van der Waals surface area (Å²) in [7, 11) is 1.56. The number of carbonyl (C=O) groups is 2. The van der Waals surface area contributed by atoms with Gasteiger partial charge in [-0.15, -0.1) is 0 Å². The number of imidazole rings is 1. The van der Waals surface area contributed by atoms with Crippen LogP contribution in [-0.2, 0) is 11.2 Å². The number of nitrogen functional groups attached to an aromatic ring is 1. The van der Waals surface area contributed by atoms with Gasteiger partial charge in [-0.2, -0.15) is 0 Å². The second-order valence-electron chi connectivity index (χ2n) is 8.00. The van der Waals surface area contributed by atoms with Crippen LogP contribution in [0.1, 0.15) is 34.5 Å². The van der Waals surface area contributed by atoms with Crippen LogP contribution in [0, 0.1) is 0 Å². The monoisotopic (exact) mass is 490 g/mol. The molecule has 1 aromatic heterocycles. The number of aliphatic hydroxyl groups is 1. The zero-order valence-corrected chi connectivity index (χ0v) is 20.1. The molecule has 0 saturated carbocycles. The molecule has 0 fully saturated rings. The number of benzene rings is 3. The molecule has 10 nitrogen and oxygen atoms in total. The lowest BCUT2D eigenvalue weighted by Gasteiger charge is -2.19. The third kappa shape index (κ3) is 6.59. The van der Waals surface area contributed by atoms with Crippen LogP contribution in [0.2, 0.25) is 0 Å². The number of nitrogens with two attached hydrogens (primary N) is 3. The van der Waals surface area contributed by atoms with Crippen molar-refractivity contribution >= 4 is 34.5 Å². The number of hydrogen-bond acceptors (Lipinski definition) is 7. The molecule has 1 heterocycles. The molecule has 4 aromatic rings. The Labute approximate surface area is 208 Å². The quantitative estimate of drug-likeness (QED) is 0.230. The lowest BCUT2D eigenvalue weighted by atomic mass is 10.0. The average Bonchev–Trinajstić information content (AvgIpc) is 3.27. The molecule has 10 heteroatoms. The van der Waals surface area contributed by atoms with Gasteiger partial charge in [0.2, 0.25) is 5.91 Å². The topological polar surface area (TPSA) is 182 Å². The Morgan fingerprint density at radius 1 is 1.08 bits per heavy atom. The fraction of sp³-hybridized carbons (Fsp3) is 0.192. The summed E-state index contributed by atoms with van der Waals surface area (Å²) in [5.74, 6) is -0.0136. The SMILES string of the molecule is CCc1ccc(C(N)=O)cc1.COc1ccc(C(N)C(O)C(=O)Nc2ccc3[nH]c(N)nc3c2)cc1. The van der Waals surface area contributed by atoms with Crippen molar-refractivity contribution in [2.75, 3.05) is 18.2 Å². The molecule has 2 unspecified atom stereocenters. The lowest BCUT2D eigenvalue weighted by molar-refractivity contribution is -0.125. The van der Waals surface area contributed by atoms with Crippen molar-refractivity contribution in [1.82, 2.24) is 9.97 Å². The molecule has 0 aliphatic rings. The number of carbonyl (C=O) groups excluding carboxylic acids is 2. The zero-order chi connectivity index (χ0) is 26.2. The van der Waals surface area contributed by atoms with Gasteiger partial charge in [0.1, 0.15) is 5.75 Å². The molecule has 0 aliphatic heterocycles. The predicted octanol–water partition coefficient (Wildman–Crippen LogP) is 2.50. The Hall–Kier alpha value is -4.41. The molecule has 2 atom stereocenters. The van der Waals surface area contributed by atoms with Crippen LogP contribution in [0.25, 0.3) is 11.0 Å². The number of aromatic amines is 1.